The van der Waals surface area contributed by atoms with E-state index in [4.69, 9.17) is 4.74 Å². The Kier molecular flexibility index (Phi) is 4.54. The predicted molar refractivity (Wildman–Crippen MR) is 69.8 cm³/mol. The summed E-state index contributed by atoms with van der Waals surface area (Å²) in [6.07, 6.45) is 0. The van der Waals surface area contributed by atoms with Crippen LogP contribution in [-0.4, -0.2) is 44.8 Å². The van der Waals surface area contributed by atoms with Crippen LogP contribution in [0.4, 0.5) is 0 Å². The van der Waals surface area contributed by atoms with Gasteiger partial charge < -0.3 is 9.84 Å². The fraction of sp³-hybridized carbons (Fsp3) is 0.500. The Morgan fingerprint density at radius 2 is 2.05 bits per heavy atom. The monoisotopic (exact) mass is 286 g/mol. The Balaban J connectivity index is 2.23. The number of aliphatic hydroxyl groups excluding tert-OH is 1. The molecule has 0 radical (unpaired) electrons. The van der Waals surface area contributed by atoms with Gasteiger partial charge in [-0.3, -0.25) is 0 Å². The summed E-state index contributed by atoms with van der Waals surface area (Å²) in [5.41, 5.74) is 1.19. The molecule has 0 aliphatic carbocycles. The van der Waals surface area contributed by atoms with E-state index in [9.17, 15) is 13.5 Å². The van der Waals surface area contributed by atoms with Crippen molar-refractivity contribution in [2.75, 3.05) is 26.3 Å². The van der Waals surface area contributed by atoms with E-state index in [1.165, 1.54) is 6.07 Å². The zero-order valence-corrected chi connectivity index (χ0v) is 11.6. The number of aliphatic hydroxyl groups is 1. The largest absolute Gasteiger partial charge is 0.392 e. The lowest BCUT2D eigenvalue weighted by atomic mass is 10.1. The highest BCUT2D eigenvalue weighted by atomic mass is 32.2. The molecular weight excluding hydrogens is 268 g/mol. The molecule has 1 aliphatic heterocycles. The second kappa shape index (κ2) is 5.98. The van der Waals surface area contributed by atoms with Crippen LogP contribution in [0.3, 0.4) is 0 Å². The van der Waals surface area contributed by atoms with Gasteiger partial charge in [-0.15, -0.1) is 4.83 Å². The Morgan fingerprint density at radius 1 is 1.37 bits per heavy atom. The third-order valence-corrected chi connectivity index (χ3v) is 4.64. The molecule has 7 heteroatoms. The SMILES string of the molecule is Cc1c(CO)cccc1S(=O)(=O)NN1CCOCC1. The quantitative estimate of drug-likeness (QED) is 0.815. The van der Waals surface area contributed by atoms with Crippen molar-refractivity contribution in [3.8, 4) is 0 Å². The molecule has 0 saturated carbocycles. The van der Waals surface area contributed by atoms with Crippen LogP contribution in [0.2, 0.25) is 0 Å². The first-order valence-corrected chi connectivity index (χ1v) is 7.57. The molecule has 1 aromatic carbocycles. The number of sulfonamides is 1. The highest BCUT2D eigenvalue weighted by Crippen LogP contribution is 2.19. The van der Waals surface area contributed by atoms with Crippen molar-refractivity contribution >= 4 is 10.0 Å². The highest BCUT2D eigenvalue weighted by Gasteiger charge is 2.22. The number of hydrogen-bond acceptors (Lipinski definition) is 5. The van der Waals surface area contributed by atoms with Crippen LogP contribution >= 0.6 is 0 Å². The molecule has 0 aromatic heterocycles. The Hall–Kier alpha value is -0.990. The average molecular weight is 286 g/mol. The number of benzene rings is 1. The van der Waals surface area contributed by atoms with Gasteiger partial charge in [0.05, 0.1) is 24.7 Å². The molecular formula is C12H18N2O4S. The summed E-state index contributed by atoms with van der Waals surface area (Å²) in [6, 6.07) is 4.88. The van der Waals surface area contributed by atoms with Gasteiger partial charge in [0, 0.05) is 13.1 Å². The van der Waals surface area contributed by atoms with Gasteiger partial charge >= 0.3 is 0 Å². The van der Waals surface area contributed by atoms with Crippen molar-refractivity contribution in [1.82, 2.24) is 9.84 Å². The average Bonchev–Trinajstić information content (AvgIpc) is 2.39. The number of hydrazine groups is 1. The molecule has 0 spiro atoms. The minimum atomic E-state index is -3.61. The summed E-state index contributed by atoms with van der Waals surface area (Å²) < 4.78 is 29.8. The molecule has 1 aliphatic rings. The number of nitrogens with one attached hydrogen (secondary N) is 1. The summed E-state index contributed by atoms with van der Waals surface area (Å²) >= 11 is 0. The zero-order chi connectivity index (χ0) is 13.9. The molecule has 6 nitrogen and oxygen atoms in total. The summed E-state index contributed by atoms with van der Waals surface area (Å²) in [6.45, 7) is 3.60. The van der Waals surface area contributed by atoms with Gasteiger partial charge in [0.15, 0.2) is 0 Å². The molecule has 0 atom stereocenters. The number of ether oxygens (including phenoxy) is 1. The maximum absolute atomic E-state index is 12.3. The van der Waals surface area contributed by atoms with Crippen molar-refractivity contribution in [3.05, 3.63) is 29.3 Å². The van der Waals surface area contributed by atoms with Crippen molar-refractivity contribution in [2.45, 2.75) is 18.4 Å². The second-order valence-corrected chi connectivity index (χ2v) is 6.02. The van der Waals surface area contributed by atoms with E-state index >= 15 is 0 Å². The molecule has 1 saturated heterocycles. The van der Waals surface area contributed by atoms with Gasteiger partial charge in [0.25, 0.3) is 10.0 Å². The maximum atomic E-state index is 12.3. The first kappa shape index (κ1) is 14.4. The van der Waals surface area contributed by atoms with Gasteiger partial charge in [-0.05, 0) is 24.1 Å². The zero-order valence-electron chi connectivity index (χ0n) is 10.8. The molecule has 0 unspecified atom stereocenters. The predicted octanol–water partition coefficient (Wildman–Crippen LogP) is 0.0128. The summed E-state index contributed by atoms with van der Waals surface area (Å²) in [5, 5.41) is 10.8. The molecule has 19 heavy (non-hydrogen) atoms. The van der Waals surface area contributed by atoms with E-state index in [0.29, 0.717) is 37.4 Å². The van der Waals surface area contributed by atoms with Crippen LogP contribution < -0.4 is 4.83 Å². The standard InChI is InChI=1S/C12H18N2O4S/c1-10-11(9-15)3-2-4-12(10)19(16,17)13-14-5-7-18-8-6-14/h2-4,13,15H,5-9H2,1H3. The van der Waals surface area contributed by atoms with Gasteiger partial charge in [-0.25, -0.2) is 13.4 Å². The third-order valence-electron chi connectivity index (χ3n) is 3.12. The molecule has 106 valence electrons. The van der Waals surface area contributed by atoms with Gasteiger partial charge in [0.1, 0.15) is 0 Å². The van der Waals surface area contributed by atoms with Crippen molar-refractivity contribution < 1.29 is 18.3 Å². The van der Waals surface area contributed by atoms with E-state index in [0.717, 1.165) is 0 Å². The topological polar surface area (TPSA) is 78.9 Å². The van der Waals surface area contributed by atoms with Gasteiger partial charge in [-0.2, -0.15) is 0 Å². The lowest BCUT2D eigenvalue weighted by Gasteiger charge is -2.27. The Labute approximate surface area is 113 Å². The Morgan fingerprint density at radius 3 is 2.68 bits per heavy atom. The molecule has 0 bridgehead atoms. The van der Waals surface area contributed by atoms with Crippen LogP contribution in [0.25, 0.3) is 0 Å². The summed E-state index contributed by atoms with van der Waals surface area (Å²) in [7, 11) is -3.61. The van der Waals surface area contributed by atoms with E-state index in [1.807, 2.05) is 0 Å². The molecule has 0 amide bonds. The third kappa shape index (κ3) is 3.31. The first-order chi connectivity index (χ1) is 9.04. The van der Waals surface area contributed by atoms with E-state index in [-0.39, 0.29) is 11.5 Å². The maximum Gasteiger partial charge on any atom is 0.253 e. The van der Waals surface area contributed by atoms with E-state index in [2.05, 4.69) is 4.83 Å². The van der Waals surface area contributed by atoms with Gasteiger partial charge in [-0.1, -0.05) is 12.1 Å². The number of rotatable bonds is 4. The van der Waals surface area contributed by atoms with Crippen LogP contribution in [0.5, 0.6) is 0 Å². The number of nitrogens with zero attached hydrogens (tertiary/aromatic N) is 1. The Bertz CT molecular complexity index is 539. The molecule has 1 fully saturated rings. The van der Waals surface area contributed by atoms with Crippen molar-refractivity contribution in [3.63, 3.8) is 0 Å². The molecule has 1 heterocycles. The number of hydrogen-bond donors (Lipinski definition) is 2. The van der Waals surface area contributed by atoms with Gasteiger partial charge in [0.2, 0.25) is 0 Å². The lowest BCUT2D eigenvalue weighted by molar-refractivity contribution is 0.0272. The van der Waals surface area contributed by atoms with E-state index < -0.39 is 10.0 Å². The summed E-state index contributed by atoms with van der Waals surface area (Å²) in [5.74, 6) is 0. The van der Waals surface area contributed by atoms with Crippen LogP contribution in [0.15, 0.2) is 23.1 Å². The highest BCUT2D eigenvalue weighted by molar-refractivity contribution is 7.89. The fourth-order valence-corrected chi connectivity index (χ4v) is 3.41. The first-order valence-electron chi connectivity index (χ1n) is 6.09. The summed E-state index contributed by atoms with van der Waals surface area (Å²) in [4.78, 5) is 2.75. The van der Waals surface area contributed by atoms with Crippen LogP contribution in [-0.2, 0) is 21.4 Å². The molecule has 2 rings (SSSR count). The van der Waals surface area contributed by atoms with E-state index in [1.54, 1.807) is 24.1 Å². The molecule has 2 N–H and O–H groups in total. The lowest BCUT2D eigenvalue weighted by Crippen LogP contribution is -2.48. The van der Waals surface area contributed by atoms with Crippen molar-refractivity contribution in [1.29, 1.82) is 0 Å². The minimum Gasteiger partial charge on any atom is -0.392 e. The second-order valence-electron chi connectivity index (χ2n) is 4.39. The smallest absolute Gasteiger partial charge is 0.253 e. The van der Waals surface area contributed by atoms with Crippen molar-refractivity contribution in [2.24, 2.45) is 0 Å². The number of morpholine rings is 1. The normalized spacial score (nSPS) is 17.6. The molecule has 1 aromatic rings. The van der Waals surface area contributed by atoms with Crippen LogP contribution in [0, 0.1) is 6.92 Å². The van der Waals surface area contributed by atoms with Crippen LogP contribution in [0.1, 0.15) is 11.1 Å². The minimum absolute atomic E-state index is 0.174. The fourth-order valence-electron chi connectivity index (χ4n) is 2.00.